The first-order valence-corrected chi connectivity index (χ1v) is 10.0. The van der Waals surface area contributed by atoms with Gasteiger partial charge < -0.3 is 10.1 Å². The molecule has 0 aliphatic rings. The maximum absolute atomic E-state index is 12.6. The van der Waals surface area contributed by atoms with Crippen LogP contribution in [0.1, 0.15) is 26.3 Å². The minimum absolute atomic E-state index is 0.111. The predicted molar refractivity (Wildman–Crippen MR) is 121 cm³/mol. The molecular formula is C23H23N7O2. The first-order chi connectivity index (χ1) is 15.4. The van der Waals surface area contributed by atoms with Gasteiger partial charge in [-0.15, -0.1) is 0 Å². The summed E-state index contributed by atoms with van der Waals surface area (Å²) in [6.07, 6.45) is 6.21. The van der Waals surface area contributed by atoms with Crippen LogP contribution in [0.5, 0.6) is 11.6 Å². The van der Waals surface area contributed by atoms with Gasteiger partial charge in [0.2, 0.25) is 5.88 Å². The van der Waals surface area contributed by atoms with E-state index in [9.17, 15) is 4.79 Å². The largest absolute Gasteiger partial charge is 0.437 e. The van der Waals surface area contributed by atoms with E-state index in [2.05, 4.69) is 51.5 Å². The van der Waals surface area contributed by atoms with Gasteiger partial charge in [0.15, 0.2) is 0 Å². The van der Waals surface area contributed by atoms with Gasteiger partial charge in [-0.3, -0.25) is 5.32 Å². The number of hydrogen-bond donors (Lipinski definition) is 2. The molecule has 3 heterocycles. The zero-order chi connectivity index (χ0) is 22.6. The maximum atomic E-state index is 12.6. The van der Waals surface area contributed by atoms with Crippen LogP contribution >= 0.6 is 0 Å². The molecule has 0 bridgehead atoms. The standard InChI is InChI=1S/C23H23N7O2/c1-23(2,3)17-7-4-5-9-19(17)32-21-18(8-6-12-25-21)28-22(31)29-20-11-10-16(13-26-20)30-15-24-14-27-30/h4-15H,1-3H3,(H2,26,28,29,31). The molecule has 0 saturated heterocycles. The zero-order valence-corrected chi connectivity index (χ0v) is 18.0. The third-order valence-electron chi connectivity index (χ3n) is 4.59. The van der Waals surface area contributed by atoms with Crippen molar-refractivity contribution in [3.63, 3.8) is 0 Å². The summed E-state index contributed by atoms with van der Waals surface area (Å²) in [5.41, 5.74) is 2.10. The molecule has 0 unspecified atom stereocenters. The number of para-hydroxylation sites is 1. The highest BCUT2D eigenvalue weighted by Gasteiger charge is 2.20. The van der Waals surface area contributed by atoms with Crippen molar-refractivity contribution in [1.29, 1.82) is 0 Å². The fourth-order valence-electron chi connectivity index (χ4n) is 3.05. The van der Waals surface area contributed by atoms with Gasteiger partial charge in [-0.2, -0.15) is 5.10 Å². The molecule has 0 aliphatic carbocycles. The Bertz CT molecular complexity index is 1200. The summed E-state index contributed by atoms with van der Waals surface area (Å²) in [6.45, 7) is 6.34. The lowest BCUT2D eigenvalue weighted by Crippen LogP contribution is -2.20. The summed E-state index contributed by atoms with van der Waals surface area (Å²) >= 11 is 0. The van der Waals surface area contributed by atoms with E-state index in [4.69, 9.17) is 4.74 Å². The molecule has 3 aromatic heterocycles. The van der Waals surface area contributed by atoms with Gasteiger partial charge in [-0.05, 0) is 35.7 Å². The van der Waals surface area contributed by atoms with Crippen molar-refractivity contribution in [1.82, 2.24) is 24.7 Å². The van der Waals surface area contributed by atoms with E-state index in [1.54, 1.807) is 47.7 Å². The summed E-state index contributed by atoms with van der Waals surface area (Å²) in [4.78, 5) is 25.0. The molecule has 4 aromatic rings. The van der Waals surface area contributed by atoms with E-state index in [-0.39, 0.29) is 5.41 Å². The van der Waals surface area contributed by atoms with E-state index in [0.29, 0.717) is 23.1 Å². The van der Waals surface area contributed by atoms with Crippen LogP contribution in [0.15, 0.2) is 73.6 Å². The average molecular weight is 429 g/mol. The smallest absolute Gasteiger partial charge is 0.325 e. The van der Waals surface area contributed by atoms with Crippen LogP contribution in [0.2, 0.25) is 0 Å². The Morgan fingerprint density at radius 3 is 2.56 bits per heavy atom. The van der Waals surface area contributed by atoms with Crippen molar-refractivity contribution in [3.8, 4) is 17.3 Å². The Balaban J connectivity index is 1.47. The van der Waals surface area contributed by atoms with Crippen molar-refractivity contribution in [3.05, 3.63) is 79.1 Å². The van der Waals surface area contributed by atoms with Crippen molar-refractivity contribution >= 4 is 17.5 Å². The summed E-state index contributed by atoms with van der Waals surface area (Å²) < 4.78 is 7.67. The van der Waals surface area contributed by atoms with Gasteiger partial charge >= 0.3 is 6.03 Å². The van der Waals surface area contributed by atoms with Crippen molar-refractivity contribution in [2.45, 2.75) is 26.2 Å². The van der Waals surface area contributed by atoms with E-state index < -0.39 is 6.03 Å². The summed E-state index contributed by atoms with van der Waals surface area (Å²) in [6, 6.07) is 14.2. The van der Waals surface area contributed by atoms with E-state index in [0.717, 1.165) is 11.3 Å². The molecule has 0 atom stereocenters. The van der Waals surface area contributed by atoms with Gasteiger partial charge in [-0.1, -0.05) is 39.0 Å². The lowest BCUT2D eigenvalue weighted by Gasteiger charge is -2.22. The fourth-order valence-corrected chi connectivity index (χ4v) is 3.05. The van der Waals surface area contributed by atoms with Crippen molar-refractivity contribution < 1.29 is 9.53 Å². The molecule has 0 saturated carbocycles. The summed E-state index contributed by atoms with van der Waals surface area (Å²) in [5.74, 6) is 1.37. The molecule has 32 heavy (non-hydrogen) atoms. The number of anilines is 2. The summed E-state index contributed by atoms with van der Waals surface area (Å²) in [7, 11) is 0. The number of ether oxygens (including phenoxy) is 1. The van der Waals surface area contributed by atoms with Gasteiger partial charge in [0.25, 0.3) is 0 Å². The van der Waals surface area contributed by atoms with Crippen LogP contribution in [0, 0.1) is 0 Å². The number of carbonyl (C=O) groups excluding carboxylic acids is 1. The molecule has 2 amide bonds. The van der Waals surface area contributed by atoms with Crippen molar-refractivity contribution in [2.24, 2.45) is 0 Å². The fraction of sp³-hybridized carbons (Fsp3) is 0.174. The molecule has 0 fully saturated rings. The lowest BCUT2D eigenvalue weighted by atomic mass is 9.86. The van der Waals surface area contributed by atoms with Crippen LogP contribution in [-0.4, -0.2) is 30.8 Å². The number of urea groups is 1. The van der Waals surface area contributed by atoms with Crippen LogP contribution in [0.25, 0.3) is 5.69 Å². The quantitative estimate of drug-likeness (QED) is 0.472. The molecule has 0 aliphatic heterocycles. The number of amides is 2. The average Bonchev–Trinajstić information content (AvgIpc) is 3.30. The first-order valence-electron chi connectivity index (χ1n) is 10.0. The number of carbonyl (C=O) groups is 1. The minimum atomic E-state index is -0.465. The molecule has 9 nitrogen and oxygen atoms in total. The number of hydrogen-bond acceptors (Lipinski definition) is 6. The molecule has 1 aromatic carbocycles. The van der Waals surface area contributed by atoms with Crippen LogP contribution in [-0.2, 0) is 5.41 Å². The van der Waals surface area contributed by atoms with Gasteiger partial charge in [0, 0.05) is 11.8 Å². The van der Waals surface area contributed by atoms with E-state index in [1.165, 1.54) is 6.33 Å². The first kappa shape index (κ1) is 21.0. The number of nitrogens with one attached hydrogen (secondary N) is 2. The zero-order valence-electron chi connectivity index (χ0n) is 18.0. The third-order valence-corrected chi connectivity index (χ3v) is 4.59. The molecule has 0 radical (unpaired) electrons. The normalized spacial score (nSPS) is 11.1. The molecular weight excluding hydrogens is 406 g/mol. The third kappa shape index (κ3) is 4.89. The Hall–Kier alpha value is -4.27. The maximum Gasteiger partial charge on any atom is 0.325 e. The van der Waals surface area contributed by atoms with Gasteiger partial charge in [0.1, 0.15) is 29.9 Å². The van der Waals surface area contributed by atoms with Crippen molar-refractivity contribution in [2.75, 3.05) is 10.6 Å². The van der Waals surface area contributed by atoms with E-state index in [1.807, 2.05) is 24.3 Å². The number of nitrogens with zero attached hydrogens (tertiary/aromatic N) is 5. The highest BCUT2D eigenvalue weighted by Crippen LogP contribution is 2.35. The molecule has 4 rings (SSSR count). The van der Waals surface area contributed by atoms with Gasteiger partial charge in [-0.25, -0.2) is 24.4 Å². The Labute approximate surface area is 185 Å². The lowest BCUT2D eigenvalue weighted by molar-refractivity contribution is 0.262. The summed E-state index contributed by atoms with van der Waals surface area (Å²) in [5, 5.41) is 9.52. The second-order valence-electron chi connectivity index (χ2n) is 8.03. The topological polar surface area (TPSA) is 107 Å². The Morgan fingerprint density at radius 2 is 1.84 bits per heavy atom. The second-order valence-corrected chi connectivity index (χ2v) is 8.03. The number of aromatic nitrogens is 5. The van der Waals surface area contributed by atoms with Crippen LogP contribution < -0.4 is 15.4 Å². The van der Waals surface area contributed by atoms with E-state index >= 15 is 0 Å². The Kier molecular flexibility index (Phi) is 5.80. The number of rotatable bonds is 5. The molecule has 0 spiro atoms. The monoisotopic (exact) mass is 429 g/mol. The predicted octanol–water partition coefficient (Wildman–Crippen LogP) is 4.79. The molecule has 162 valence electrons. The number of pyridine rings is 2. The van der Waals surface area contributed by atoms with Gasteiger partial charge in [0.05, 0.1) is 11.9 Å². The molecule has 9 heteroatoms. The van der Waals surface area contributed by atoms with Crippen LogP contribution in [0.4, 0.5) is 16.3 Å². The van der Waals surface area contributed by atoms with Crippen LogP contribution in [0.3, 0.4) is 0 Å². The minimum Gasteiger partial charge on any atom is -0.437 e. The Morgan fingerprint density at radius 1 is 1.00 bits per heavy atom. The number of benzene rings is 1. The highest BCUT2D eigenvalue weighted by molar-refractivity contribution is 5.99. The molecule has 2 N–H and O–H groups in total. The highest BCUT2D eigenvalue weighted by atomic mass is 16.5. The SMILES string of the molecule is CC(C)(C)c1ccccc1Oc1ncccc1NC(=O)Nc1ccc(-n2cncn2)cn1. The second kappa shape index (κ2) is 8.84.